The van der Waals surface area contributed by atoms with Crippen molar-refractivity contribution in [3.05, 3.63) is 35.4 Å². The number of benzene rings is 1. The molecule has 0 radical (unpaired) electrons. The van der Waals surface area contributed by atoms with Crippen LogP contribution in [-0.4, -0.2) is 60.5 Å². The Kier molecular flexibility index (Phi) is 6.79. The molecule has 1 aromatic carbocycles. The van der Waals surface area contributed by atoms with Crippen LogP contribution in [0.5, 0.6) is 0 Å². The first-order valence-corrected chi connectivity index (χ1v) is 8.74. The molecule has 1 amide bonds. The van der Waals surface area contributed by atoms with E-state index in [1.807, 2.05) is 19.0 Å². The third-order valence-electron chi connectivity index (χ3n) is 4.66. The Morgan fingerprint density at radius 3 is 2.38 bits per heavy atom. The Morgan fingerprint density at radius 2 is 1.75 bits per heavy atom. The average molecular weight is 332 g/mol. The van der Waals surface area contributed by atoms with Crippen molar-refractivity contribution in [2.45, 2.75) is 32.1 Å². The summed E-state index contributed by atoms with van der Waals surface area (Å²) in [6, 6.07) is 6.35. The van der Waals surface area contributed by atoms with Crippen LogP contribution < -0.4 is 0 Å². The van der Waals surface area contributed by atoms with E-state index in [1.54, 1.807) is 12.1 Å². The highest BCUT2D eigenvalue weighted by atomic mass is 16.4. The molecular weight excluding hydrogens is 304 g/mol. The van der Waals surface area contributed by atoms with Crippen LogP contribution >= 0.6 is 0 Å². The lowest BCUT2D eigenvalue weighted by molar-refractivity contribution is 0.0696. The van der Waals surface area contributed by atoms with Crippen molar-refractivity contribution in [2.75, 3.05) is 33.7 Å². The second kappa shape index (κ2) is 8.83. The van der Waals surface area contributed by atoms with Crippen LogP contribution in [-0.2, 0) is 0 Å². The van der Waals surface area contributed by atoms with E-state index in [1.165, 1.54) is 44.2 Å². The van der Waals surface area contributed by atoms with E-state index in [9.17, 15) is 9.59 Å². The number of carboxylic acid groups (broad SMARTS) is 1. The molecule has 132 valence electrons. The zero-order chi connectivity index (χ0) is 17.5. The summed E-state index contributed by atoms with van der Waals surface area (Å²) in [7, 11) is 3.99. The van der Waals surface area contributed by atoms with Crippen molar-refractivity contribution in [3.63, 3.8) is 0 Å². The van der Waals surface area contributed by atoms with Crippen LogP contribution in [0.3, 0.4) is 0 Å². The second-order valence-corrected chi connectivity index (χ2v) is 6.94. The summed E-state index contributed by atoms with van der Waals surface area (Å²) in [6.07, 6.45) is 6.15. The molecule has 1 N–H and O–H groups in total. The van der Waals surface area contributed by atoms with Crippen LogP contribution in [0.2, 0.25) is 0 Å². The SMILES string of the molecule is CN(C)CCN(CC1CCCCC1)C(=O)c1cccc(C(=O)O)c1. The predicted octanol–water partition coefficient (Wildman–Crippen LogP) is 2.97. The number of hydrogen-bond acceptors (Lipinski definition) is 3. The lowest BCUT2D eigenvalue weighted by Crippen LogP contribution is -2.40. The summed E-state index contributed by atoms with van der Waals surface area (Å²) in [5.74, 6) is -0.505. The summed E-state index contributed by atoms with van der Waals surface area (Å²) >= 11 is 0. The highest BCUT2D eigenvalue weighted by molar-refractivity contribution is 5.97. The summed E-state index contributed by atoms with van der Waals surface area (Å²) in [5.41, 5.74) is 0.621. The molecule has 1 aliphatic carbocycles. The average Bonchev–Trinajstić information content (AvgIpc) is 2.58. The minimum Gasteiger partial charge on any atom is -0.478 e. The third kappa shape index (κ3) is 5.34. The van der Waals surface area contributed by atoms with Crippen molar-refractivity contribution in [3.8, 4) is 0 Å². The fraction of sp³-hybridized carbons (Fsp3) is 0.579. The topological polar surface area (TPSA) is 60.9 Å². The van der Waals surface area contributed by atoms with Crippen molar-refractivity contribution in [1.82, 2.24) is 9.80 Å². The van der Waals surface area contributed by atoms with Gasteiger partial charge in [0.1, 0.15) is 0 Å². The van der Waals surface area contributed by atoms with Gasteiger partial charge in [0.2, 0.25) is 0 Å². The maximum Gasteiger partial charge on any atom is 0.335 e. The Labute approximate surface area is 144 Å². The van der Waals surface area contributed by atoms with Crippen molar-refractivity contribution < 1.29 is 14.7 Å². The third-order valence-corrected chi connectivity index (χ3v) is 4.66. The van der Waals surface area contributed by atoms with E-state index in [-0.39, 0.29) is 11.5 Å². The lowest BCUT2D eigenvalue weighted by atomic mass is 9.89. The minimum absolute atomic E-state index is 0.0643. The normalized spacial score (nSPS) is 15.5. The molecule has 2 rings (SSSR count). The standard InChI is InChI=1S/C19H28N2O3/c1-20(2)11-12-21(14-15-7-4-3-5-8-15)18(22)16-9-6-10-17(13-16)19(23)24/h6,9-10,13,15H,3-5,7-8,11-12,14H2,1-2H3,(H,23,24). The highest BCUT2D eigenvalue weighted by Crippen LogP contribution is 2.25. The monoisotopic (exact) mass is 332 g/mol. The molecule has 5 nitrogen and oxygen atoms in total. The van der Waals surface area contributed by atoms with Crippen LogP contribution in [0.1, 0.15) is 52.8 Å². The zero-order valence-electron chi connectivity index (χ0n) is 14.7. The molecule has 0 aromatic heterocycles. The number of nitrogens with zero attached hydrogens (tertiary/aromatic N) is 2. The number of amides is 1. The van der Waals surface area contributed by atoms with Gasteiger partial charge in [0.15, 0.2) is 0 Å². The molecule has 0 bridgehead atoms. The quantitative estimate of drug-likeness (QED) is 0.834. The number of likely N-dealkylation sites (N-methyl/N-ethyl adjacent to an activating group) is 1. The fourth-order valence-electron chi connectivity index (χ4n) is 3.25. The summed E-state index contributed by atoms with van der Waals surface area (Å²) < 4.78 is 0. The molecule has 1 saturated carbocycles. The fourth-order valence-corrected chi connectivity index (χ4v) is 3.25. The van der Waals surface area contributed by atoms with Gasteiger partial charge in [-0.2, -0.15) is 0 Å². The molecule has 1 aromatic rings. The molecule has 0 heterocycles. The number of aromatic carboxylic acids is 1. The summed E-state index contributed by atoms with van der Waals surface area (Å²) in [6.45, 7) is 2.24. The van der Waals surface area contributed by atoms with Crippen LogP contribution in [0.4, 0.5) is 0 Å². The van der Waals surface area contributed by atoms with Crippen LogP contribution in [0, 0.1) is 5.92 Å². The molecule has 1 aliphatic rings. The van der Waals surface area contributed by atoms with Gasteiger partial charge in [-0.05, 0) is 51.1 Å². The number of rotatable bonds is 7. The number of hydrogen-bond donors (Lipinski definition) is 1. The van der Waals surface area contributed by atoms with E-state index >= 15 is 0 Å². The van der Waals surface area contributed by atoms with E-state index in [0.717, 1.165) is 13.1 Å². The summed E-state index contributed by atoms with van der Waals surface area (Å²) in [4.78, 5) is 28.0. The zero-order valence-corrected chi connectivity index (χ0v) is 14.7. The van der Waals surface area contributed by atoms with Gasteiger partial charge in [0.25, 0.3) is 5.91 Å². The molecule has 0 saturated heterocycles. The molecule has 0 unspecified atom stereocenters. The van der Waals surface area contributed by atoms with Gasteiger partial charge in [0.05, 0.1) is 5.56 Å². The Morgan fingerprint density at radius 1 is 1.08 bits per heavy atom. The van der Waals surface area contributed by atoms with Gasteiger partial charge in [0, 0.05) is 25.2 Å². The van der Waals surface area contributed by atoms with Gasteiger partial charge in [-0.3, -0.25) is 4.79 Å². The molecule has 5 heteroatoms. The highest BCUT2D eigenvalue weighted by Gasteiger charge is 2.22. The van der Waals surface area contributed by atoms with Crippen molar-refractivity contribution in [2.24, 2.45) is 5.92 Å². The maximum atomic E-state index is 12.9. The minimum atomic E-state index is -1.00. The molecule has 0 aliphatic heterocycles. The summed E-state index contributed by atoms with van der Waals surface area (Å²) in [5, 5.41) is 9.14. The van der Waals surface area contributed by atoms with Gasteiger partial charge in [-0.15, -0.1) is 0 Å². The molecule has 0 spiro atoms. The lowest BCUT2D eigenvalue weighted by Gasteiger charge is -2.31. The number of carboxylic acids is 1. The maximum absolute atomic E-state index is 12.9. The van der Waals surface area contributed by atoms with Gasteiger partial charge < -0.3 is 14.9 Å². The second-order valence-electron chi connectivity index (χ2n) is 6.94. The van der Waals surface area contributed by atoms with Crippen molar-refractivity contribution in [1.29, 1.82) is 0 Å². The number of carbonyl (C=O) groups excluding carboxylic acids is 1. The van der Waals surface area contributed by atoms with E-state index in [2.05, 4.69) is 4.90 Å². The Balaban J connectivity index is 2.12. The van der Waals surface area contributed by atoms with E-state index < -0.39 is 5.97 Å². The molecule has 24 heavy (non-hydrogen) atoms. The Hall–Kier alpha value is -1.88. The molecular formula is C19H28N2O3. The van der Waals surface area contributed by atoms with Gasteiger partial charge in [-0.25, -0.2) is 4.79 Å². The first-order chi connectivity index (χ1) is 11.5. The van der Waals surface area contributed by atoms with Crippen molar-refractivity contribution >= 4 is 11.9 Å². The molecule has 0 atom stereocenters. The number of carbonyl (C=O) groups is 2. The van der Waals surface area contributed by atoms with E-state index in [0.29, 0.717) is 18.0 Å². The Bertz CT molecular complexity index is 565. The molecule has 1 fully saturated rings. The van der Waals surface area contributed by atoms with E-state index in [4.69, 9.17) is 5.11 Å². The smallest absolute Gasteiger partial charge is 0.335 e. The van der Waals surface area contributed by atoms with Gasteiger partial charge >= 0.3 is 5.97 Å². The largest absolute Gasteiger partial charge is 0.478 e. The first-order valence-electron chi connectivity index (χ1n) is 8.74. The van der Waals surface area contributed by atoms with Crippen LogP contribution in [0.25, 0.3) is 0 Å². The predicted molar refractivity (Wildman–Crippen MR) is 94.4 cm³/mol. The first kappa shape index (κ1) is 18.5. The van der Waals surface area contributed by atoms with Crippen LogP contribution in [0.15, 0.2) is 24.3 Å². The van der Waals surface area contributed by atoms with Gasteiger partial charge in [-0.1, -0.05) is 25.3 Å².